The van der Waals surface area contributed by atoms with Crippen molar-refractivity contribution in [3.8, 4) is 0 Å². The summed E-state index contributed by atoms with van der Waals surface area (Å²) < 4.78 is 0. The number of rotatable bonds is 3. The van der Waals surface area contributed by atoms with Gasteiger partial charge in [-0.15, -0.1) is 0 Å². The van der Waals surface area contributed by atoms with Crippen LogP contribution >= 0.6 is 11.6 Å². The summed E-state index contributed by atoms with van der Waals surface area (Å²) in [5.74, 6) is -0.0858. The minimum absolute atomic E-state index is 0.0848. The zero-order chi connectivity index (χ0) is 13.7. The third-order valence-electron chi connectivity index (χ3n) is 3.44. The third-order valence-corrected chi connectivity index (χ3v) is 3.70. The van der Waals surface area contributed by atoms with Crippen LogP contribution in [0, 0.1) is 0 Å². The lowest BCUT2D eigenvalue weighted by molar-refractivity contribution is -0.117. The van der Waals surface area contributed by atoms with Crippen LogP contribution in [0.4, 0.5) is 0 Å². The average molecular weight is 279 g/mol. The first-order valence-electron chi connectivity index (χ1n) is 6.65. The van der Waals surface area contributed by atoms with Crippen molar-refractivity contribution in [2.24, 2.45) is 5.73 Å². The Labute approximate surface area is 118 Å². The lowest BCUT2D eigenvalue weighted by Crippen LogP contribution is -2.48. The Bertz CT molecular complexity index is 456. The zero-order valence-electron chi connectivity index (χ0n) is 10.8. The normalized spacial score (nSPS) is 23.5. The van der Waals surface area contributed by atoms with Crippen LogP contribution in [-0.2, 0) is 4.79 Å². The van der Waals surface area contributed by atoms with E-state index in [2.05, 4.69) is 5.32 Å². The Kier molecular flexibility index (Phi) is 5.00. The van der Waals surface area contributed by atoms with Crippen molar-refractivity contribution < 1.29 is 4.79 Å². The van der Waals surface area contributed by atoms with Gasteiger partial charge in [-0.25, -0.2) is 0 Å². The predicted molar refractivity (Wildman–Crippen MR) is 78.9 cm³/mol. The Morgan fingerprint density at radius 3 is 2.63 bits per heavy atom. The summed E-state index contributed by atoms with van der Waals surface area (Å²) in [5, 5.41) is 3.66. The molecule has 19 heavy (non-hydrogen) atoms. The summed E-state index contributed by atoms with van der Waals surface area (Å²) in [6, 6.07) is 7.54. The number of nitrogens with one attached hydrogen (secondary N) is 1. The summed E-state index contributed by atoms with van der Waals surface area (Å²) in [4.78, 5) is 11.8. The van der Waals surface area contributed by atoms with Crippen molar-refractivity contribution in [1.29, 1.82) is 0 Å². The highest BCUT2D eigenvalue weighted by Crippen LogP contribution is 2.17. The fourth-order valence-corrected chi connectivity index (χ4v) is 2.44. The fraction of sp³-hybridized carbons (Fsp3) is 0.400. The van der Waals surface area contributed by atoms with Crippen molar-refractivity contribution in [3.05, 3.63) is 40.9 Å². The number of halogens is 1. The number of hydrogen-bond acceptors (Lipinski definition) is 2. The number of amides is 1. The van der Waals surface area contributed by atoms with Crippen molar-refractivity contribution >= 4 is 23.6 Å². The Hall–Kier alpha value is -1.32. The molecule has 1 saturated carbocycles. The molecule has 0 radical (unpaired) electrons. The summed E-state index contributed by atoms with van der Waals surface area (Å²) in [7, 11) is 0. The Morgan fingerprint density at radius 1 is 1.26 bits per heavy atom. The molecule has 1 aliphatic rings. The lowest BCUT2D eigenvalue weighted by atomic mass is 9.91. The fourth-order valence-electron chi connectivity index (χ4n) is 2.32. The molecule has 2 rings (SSSR count). The van der Waals surface area contributed by atoms with E-state index in [1.165, 1.54) is 0 Å². The highest BCUT2D eigenvalue weighted by Gasteiger charge is 2.22. The van der Waals surface area contributed by atoms with E-state index >= 15 is 0 Å². The van der Waals surface area contributed by atoms with Crippen LogP contribution in [0.5, 0.6) is 0 Å². The van der Waals surface area contributed by atoms with E-state index in [-0.39, 0.29) is 18.0 Å². The number of carbonyl (C=O) groups excluding carboxylic acids is 1. The van der Waals surface area contributed by atoms with Crippen molar-refractivity contribution in [2.45, 2.75) is 37.8 Å². The lowest BCUT2D eigenvalue weighted by Gasteiger charge is -2.28. The molecule has 2 atom stereocenters. The number of carbonyl (C=O) groups is 1. The highest BCUT2D eigenvalue weighted by molar-refractivity contribution is 6.30. The van der Waals surface area contributed by atoms with Gasteiger partial charge in [0.1, 0.15) is 0 Å². The van der Waals surface area contributed by atoms with Crippen LogP contribution in [0.25, 0.3) is 6.08 Å². The van der Waals surface area contributed by atoms with Crippen molar-refractivity contribution in [1.82, 2.24) is 5.32 Å². The van der Waals surface area contributed by atoms with Crippen molar-refractivity contribution in [2.75, 3.05) is 0 Å². The molecule has 1 fully saturated rings. The van der Waals surface area contributed by atoms with E-state index in [9.17, 15) is 4.79 Å². The van der Waals surface area contributed by atoms with E-state index < -0.39 is 0 Å². The van der Waals surface area contributed by atoms with Gasteiger partial charge in [-0.2, -0.15) is 0 Å². The molecule has 1 aromatic rings. The second kappa shape index (κ2) is 6.73. The SMILES string of the molecule is N[C@@H]1CCCC[C@H]1NC(=O)/C=C/c1ccc(Cl)cc1. The molecule has 0 spiro atoms. The van der Waals surface area contributed by atoms with Gasteiger partial charge in [0.2, 0.25) is 5.91 Å². The Morgan fingerprint density at radius 2 is 1.95 bits per heavy atom. The van der Waals surface area contributed by atoms with Crippen LogP contribution < -0.4 is 11.1 Å². The molecule has 0 unspecified atom stereocenters. The first-order valence-corrected chi connectivity index (χ1v) is 7.02. The van der Waals surface area contributed by atoms with E-state index in [4.69, 9.17) is 17.3 Å². The standard InChI is InChI=1S/C15H19ClN2O/c16-12-8-5-11(6-9-12)7-10-15(19)18-14-4-2-1-3-13(14)17/h5-10,13-14H,1-4,17H2,(H,18,19)/b10-7+/t13-,14-/m1/s1. The molecule has 0 aliphatic heterocycles. The predicted octanol–water partition coefficient (Wildman–Crippen LogP) is 2.74. The molecule has 0 bridgehead atoms. The molecule has 0 saturated heterocycles. The molecule has 0 heterocycles. The molecule has 3 nitrogen and oxygen atoms in total. The van der Waals surface area contributed by atoms with Crippen LogP contribution in [0.1, 0.15) is 31.2 Å². The van der Waals surface area contributed by atoms with Gasteiger partial charge in [0.25, 0.3) is 0 Å². The van der Waals surface area contributed by atoms with E-state index in [0.717, 1.165) is 31.2 Å². The van der Waals surface area contributed by atoms with Gasteiger partial charge in [-0.05, 0) is 36.6 Å². The van der Waals surface area contributed by atoms with Gasteiger partial charge in [-0.1, -0.05) is 36.6 Å². The molecular weight excluding hydrogens is 260 g/mol. The van der Waals surface area contributed by atoms with Crippen LogP contribution in [0.15, 0.2) is 30.3 Å². The second-order valence-corrected chi connectivity index (χ2v) is 5.38. The zero-order valence-corrected chi connectivity index (χ0v) is 11.6. The second-order valence-electron chi connectivity index (χ2n) is 4.95. The summed E-state index contributed by atoms with van der Waals surface area (Å²) in [5.41, 5.74) is 6.95. The molecule has 1 amide bonds. The maximum atomic E-state index is 11.8. The van der Waals surface area contributed by atoms with E-state index in [1.807, 2.05) is 12.1 Å². The van der Waals surface area contributed by atoms with E-state index in [1.54, 1.807) is 24.3 Å². The molecular formula is C15H19ClN2O. The smallest absolute Gasteiger partial charge is 0.244 e. The van der Waals surface area contributed by atoms with Crippen LogP contribution in [0.2, 0.25) is 5.02 Å². The maximum absolute atomic E-state index is 11.8. The number of hydrogen-bond donors (Lipinski definition) is 2. The van der Waals surface area contributed by atoms with Gasteiger partial charge in [-0.3, -0.25) is 4.79 Å². The topological polar surface area (TPSA) is 55.1 Å². The van der Waals surface area contributed by atoms with Crippen LogP contribution in [0.3, 0.4) is 0 Å². The summed E-state index contributed by atoms with van der Waals surface area (Å²) >= 11 is 5.80. The molecule has 102 valence electrons. The first kappa shape index (κ1) is 14.1. The molecule has 1 aromatic carbocycles. The third kappa shape index (κ3) is 4.37. The molecule has 4 heteroatoms. The highest BCUT2D eigenvalue weighted by atomic mass is 35.5. The molecule has 1 aliphatic carbocycles. The Balaban J connectivity index is 1.88. The largest absolute Gasteiger partial charge is 0.348 e. The van der Waals surface area contributed by atoms with Gasteiger partial charge >= 0.3 is 0 Å². The minimum Gasteiger partial charge on any atom is -0.348 e. The van der Waals surface area contributed by atoms with Gasteiger partial charge < -0.3 is 11.1 Å². The monoisotopic (exact) mass is 278 g/mol. The maximum Gasteiger partial charge on any atom is 0.244 e. The minimum atomic E-state index is -0.0858. The molecule has 3 N–H and O–H groups in total. The van der Waals surface area contributed by atoms with Crippen molar-refractivity contribution in [3.63, 3.8) is 0 Å². The van der Waals surface area contributed by atoms with E-state index in [0.29, 0.717) is 5.02 Å². The number of nitrogens with two attached hydrogens (primary N) is 1. The molecule has 0 aromatic heterocycles. The average Bonchev–Trinajstić information content (AvgIpc) is 2.41. The summed E-state index contributed by atoms with van der Waals surface area (Å²) in [6.07, 6.45) is 7.59. The van der Waals surface area contributed by atoms with Gasteiger partial charge in [0.15, 0.2) is 0 Å². The summed E-state index contributed by atoms with van der Waals surface area (Å²) in [6.45, 7) is 0. The quantitative estimate of drug-likeness (QED) is 0.836. The van der Waals surface area contributed by atoms with Gasteiger partial charge in [0.05, 0.1) is 0 Å². The first-order chi connectivity index (χ1) is 9.15. The van der Waals surface area contributed by atoms with Gasteiger partial charge in [0, 0.05) is 23.2 Å². The number of benzene rings is 1. The van der Waals surface area contributed by atoms with Crippen LogP contribution in [-0.4, -0.2) is 18.0 Å².